The SMILES string of the molecule is CC(C)C(=O)O.CC(C)c1cc(Oc2ccc3cc2-3)ccc1O. The Morgan fingerprint density at radius 1 is 1.04 bits per heavy atom. The fraction of sp³-hybridized carbons (Fsp3) is 0.316. The maximum atomic E-state index is 9.73. The number of aromatic hydroxyl groups is 1. The minimum atomic E-state index is -0.741. The Hall–Kier alpha value is -2.49. The van der Waals surface area contributed by atoms with Crippen molar-refractivity contribution < 1.29 is 19.7 Å². The van der Waals surface area contributed by atoms with Crippen molar-refractivity contribution in [3.05, 3.63) is 42.0 Å². The van der Waals surface area contributed by atoms with Gasteiger partial charge in [0.25, 0.3) is 0 Å². The number of hydrogen-bond acceptors (Lipinski definition) is 3. The lowest BCUT2D eigenvalue weighted by Gasteiger charge is -2.11. The summed E-state index contributed by atoms with van der Waals surface area (Å²) in [7, 11) is 0. The van der Waals surface area contributed by atoms with E-state index in [-0.39, 0.29) is 11.8 Å². The van der Waals surface area contributed by atoms with Crippen molar-refractivity contribution in [3.63, 3.8) is 0 Å². The van der Waals surface area contributed by atoms with Gasteiger partial charge in [-0.3, -0.25) is 4.79 Å². The van der Waals surface area contributed by atoms with Crippen molar-refractivity contribution in [2.75, 3.05) is 0 Å². The molecular weight excluding hydrogens is 292 g/mol. The van der Waals surface area contributed by atoms with Crippen LogP contribution in [0.5, 0.6) is 17.2 Å². The third-order valence-corrected chi connectivity index (χ3v) is 3.55. The molecule has 2 N–H and O–H groups in total. The Balaban J connectivity index is 0.000000277. The Morgan fingerprint density at radius 2 is 1.70 bits per heavy atom. The van der Waals surface area contributed by atoms with E-state index >= 15 is 0 Å². The molecule has 0 fully saturated rings. The fourth-order valence-electron chi connectivity index (χ4n) is 2.00. The Labute approximate surface area is 136 Å². The maximum Gasteiger partial charge on any atom is 0.305 e. The second kappa shape index (κ2) is 6.73. The molecule has 0 bridgehead atoms. The number of ether oxygens (including phenoxy) is 1. The van der Waals surface area contributed by atoms with Crippen LogP contribution in [0.4, 0.5) is 0 Å². The van der Waals surface area contributed by atoms with Gasteiger partial charge in [-0.05, 0) is 41.8 Å². The molecule has 2 aliphatic rings. The summed E-state index contributed by atoms with van der Waals surface area (Å²) in [5.41, 5.74) is 3.38. The van der Waals surface area contributed by atoms with Crippen LogP contribution in [0.2, 0.25) is 0 Å². The zero-order valence-corrected chi connectivity index (χ0v) is 13.8. The quantitative estimate of drug-likeness (QED) is 0.710. The molecular formula is C19H22O4. The van der Waals surface area contributed by atoms with Gasteiger partial charge in [-0.1, -0.05) is 33.8 Å². The van der Waals surface area contributed by atoms with E-state index in [1.807, 2.05) is 12.1 Å². The van der Waals surface area contributed by atoms with Gasteiger partial charge in [0.2, 0.25) is 0 Å². The molecule has 4 nitrogen and oxygen atoms in total. The number of phenolic OH excluding ortho intramolecular Hbond substituents is 1. The summed E-state index contributed by atoms with van der Waals surface area (Å²) in [6.45, 7) is 7.39. The highest BCUT2D eigenvalue weighted by Crippen LogP contribution is 2.45. The third kappa shape index (κ3) is 4.25. The second-order valence-corrected chi connectivity index (χ2v) is 6.18. The molecule has 0 aromatic heterocycles. The van der Waals surface area contributed by atoms with E-state index in [1.54, 1.807) is 26.0 Å². The third-order valence-electron chi connectivity index (χ3n) is 3.55. The molecule has 0 atom stereocenters. The van der Waals surface area contributed by atoms with E-state index in [0.717, 1.165) is 17.1 Å². The van der Waals surface area contributed by atoms with Crippen LogP contribution in [0, 0.1) is 5.92 Å². The highest BCUT2D eigenvalue weighted by molar-refractivity contribution is 5.87. The van der Waals surface area contributed by atoms with Gasteiger partial charge in [-0.15, -0.1) is 0 Å². The zero-order chi connectivity index (χ0) is 17.1. The van der Waals surface area contributed by atoms with Crippen LogP contribution in [0.15, 0.2) is 36.4 Å². The van der Waals surface area contributed by atoms with Crippen molar-refractivity contribution in [1.82, 2.24) is 0 Å². The molecule has 0 radical (unpaired) electrons. The van der Waals surface area contributed by atoms with Gasteiger partial charge in [0.15, 0.2) is 0 Å². The average Bonchev–Trinajstić information content (AvgIpc) is 3.16. The summed E-state index contributed by atoms with van der Waals surface area (Å²) in [5, 5.41) is 17.7. The van der Waals surface area contributed by atoms with E-state index in [4.69, 9.17) is 9.84 Å². The van der Waals surface area contributed by atoms with Crippen LogP contribution in [0.3, 0.4) is 0 Å². The van der Waals surface area contributed by atoms with Crippen molar-refractivity contribution in [2.24, 2.45) is 5.92 Å². The van der Waals surface area contributed by atoms with E-state index in [9.17, 15) is 9.90 Å². The molecule has 0 aliphatic heterocycles. The van der Waals surface area contributed by atoms with Crippen molar-refractivity contribution >= 4 is 5.97 Å². The largest absolute Gasteiger partial charge is 0.508 e. The second-order valence-electron chi connectivity index (χ2n) is 6.18. The predicted molar refractivity (Wildman–Crippen MR) is 90.2 cm³/mol. The van der Waals surface area contributed by atoms with Crippen molar-refractivity contribution in [2.45, 2.75) is 33.6 Å². The van der Waals surface area contributed by atoms with Crippen LogP contribution in [-0.2, 0) is 4.79 Å². The first-order valence-corrected chi connectivity index (χ1v) is 7.67. The molecule has 23 heavy (non-hydrogen) atoms. The summed E-state index contributed by atoms with van der Waals surface area (Å²) in [5.74, 6) is 1.32. The topological polar surface area (TPSA) is 66.8 Å². The van der Waals surface area contributed by atoms with Crippen LogP contribution in [0.25, 0.3) is 11.1 Å². The lowest BCUT2D eigenvalue weighted by Crippen LogP contribution is -2.03. The number of rotatable bonds is 4. The Kier molecular flexibility index (Phi) is 4.94. The average molecular weight is 314 g/mol. The standard InChI is InChI=1S/C15H14O2.C4H8O2/c1-9(2)12-8-11(4-5-14(12)16)17-15-6-3-10-7-13(10)15;1-3(2)4(5)6/h3-9,16H,1-2H3;3H,1-2H3,(H,5,6). The molecule has 122 valence electrons. The molecule has 0 spiro atoms. The minimum Gasteiger partial charge on any atom is -0.508 e. The summed E-state index contributed by atoms with van der Waals surface area (Å²) in [4.78, 5) is 9.70. The highest BCUT2D eigenvalue weighted by atomic mass is 16.5. The highest BCUT2D eigenvalue weighted by Gasteiger charge is 2.19. The molecule has 3 rings (SSSR count). The van der Waals surface area contributed by atoms with E-state index < -0.39 is 5.97 Å². The molecule has 4 heteroatoms. The molecule has 0 amide bonds. The zero-order valence-electron chi connectivity index (χ0n) is 13.8. The maximum absolute atomic E-state index is 9.73. The van der Waals surface area contributed by atoms with Crippen LogP contribution in [-0.4, -0.2) is 16.2 Å². The number of benzene rings is 2. The number of hydrogen-bond donors (Lipinski definition) is 2. The number of fused-ring (bicyclic) bond motifs is 1. The monoisotopic (exact) mass is 314 g/mol. The first-order chi connectivity index (χ1) is 10.8. The summed E-state index contributed by atoms with van der Waals surface area (Å²) >= 11 is 0. The molecule has 0 unspecified atom stereocenters. The van der Waals surface area contributed by atoms with Crippen molar-refractivity contribution in [3.8, 4) is 28.4 Å². The molecule has 0 saturated carbocycles. The summed E-state index contributed by atoms with van der Waals surface area (Å²) < 4.78 is 5.80. The lowest BCUT2D eigenvalue weighted by molar-refractivity contribution is -0.140. The Morgan fingerprint density at radius 3 is 2.13 bits per heavy atom. The number of aliphatic carboxylic acids is 1. The molecule has 0 saturated heterocycles. The summed E-state index contributed by atoms with van der Waals surface area (Å²) in [6.07, 6.45) is 0. The van der Waals surface area contributed by atoms with Gasteiger partial charge in [-0.2, -0.15) is 0 Å². The van der Waals surface area contributed by atoms with Gasteiger partial charge in [0, 0.05) is 11.1 Å². The number of carbonyl (C=O) groups is 1. The van der Waals surface area contributed by atoms with Crippen LogP contribution in [0.1, 0.15) is 39.2 Å². The number of carboxylic acid groups (broad SMARTS) is 1. The first kappa shape index (κ1) is 16.9. The van der Waals surface area contributed by atoms with Gasteiger partial charge in [-0.25, -0.2) is 0 Å². The first-order valence-electron chi connectivity index (χ1n) is 7.67. The van der Waals surface area contributed by atoms with Gasteiger partial charge < -0.3 is 14.9 Å². The van der Waals surface area contributed by atoms with Gasteiger partial charge in [0.1, 0.15) is 17.2 Å². The van der Waals surface area contributed by atoms with E-state index in [1.165, 1.54) is 11.1 Å². The molecule has 1 aromatic carbocycles. The lowest BCUT2D eigenvalue weighted by atomic mass is 10.0. The van der Waals surface area contributed by atoms with E-state index in [2.05, 4.69) is 26.0 Å². The molecule has 0 heterocycles. The number of carboxylic acids is 1. The predicted octanol–water partition coefficient (Wildman–Crippen LogP) is 5.02. The van der Waals surface area contributed by atoms with Crippen LogP contribution < -0.4 is 4.74 Å². The number of phenols is 1. The summed E-state index contributed by atoms with van der Waals surface area (Å²) in [6, 6.07) is 11.5. The fourth-order valence-corrected chi connectivity index (χ4v) is 2.00. The van der Waals surface area contributed by atoms with Crippen molar-refractivity contribution in [1.29, 1.82) is 0 Å². The normalized spacial score (nSPS) is 11.0. The minimum absolute atomic E-state index is 0.231. The van der Waals surface area contributed by atoms with Gasteiger partial charge in [0.05, 0.1) is 5.92 Å². The Bertz CT molecular complexity index is 717. The molecule has 2 aliphatic carbocycles. The smallest absolute Gasteiger partial charge is 0.305 e. The van der Waals surface area contributed by atoms with Crippen LogP contribution >= 0.6 is 0 Å². The van der Waals surface area contributed by atoms with Gasteiger partial charge >= 0.3 is 5.97 Å². The van der Waals surface area contributed by atoms with E-state index in [0.29, 0.717) is 5.75 Å². The molecule has 1 aromatic rings.